The monoisotopic (exact) mass is 159 g/mol. The predicted molar refractivity (Wildman–Crippen MR) is 48.6 cm³/mol. The number of rotatable bonds is 3. The molecule has 1 N–H and O–H groups in total. The molecule has 0 aliphatic carbocycles. The van der Waals surface area contributed by atoms with Crippen LogP contribution in [0.4, 0.5) is 0 Å². The Bertz CT molecular complexity index is 87.3. The summed E-state index contributed by atoms with van der Waals surface area (Å²) in [7, 11) is 0. The van der Waals surface area contributed by atoms with Gasteiger partial charge in [-0.3, -0.25) is 0 Å². The molecule has 0 radical (unpaired) electrons. The van der Waals surface area contributed by atoms with Crippen molar-refractivity contribution in [2.45, 2.75) is 38.0 Å². The molecule has 0 unspecified atom stereocenters. The van der Waals surface area contributed by atoms with Crippen LogP contribution in [0.5, 0.6) is 0 Å². The molecule has 0 saturated carbocycles. The van der Waals surface area contributed by atoms with Gasteiger partial charge in [0, 0.05) is 11.8 Å². The molecule has 0 amide bonds. The fourth-order valence-electron chi connectivity index (χ4n) is 1.21. The summed E-state index contributed by atoms with van der Waals surface area (Å²) in [5, 5.41) is 4.28. The first-order valence-electron chi connectivity index (χ1n) is 4.14. The van der Waals surface area contributed by atoms with Gasteiger partial charge in [0.05, 0.1) is 0 Å². The quantitative estimate of drug-likeness (QED) is 0.675. The molecule has 1 rings (SSSR count). The maximum Gasteiger partial charge on any atom is 0.0158 e. The van der Waals surface area contributed by atoms with Crippen molar-refractivity contribution in [2.75, 3.05) is 12.3 Å². The number of thioether (sulfide) groups is 1. The highest BCUT2D eigenvalue weighted by Crippen LogP contribution is 2.15. The molecule has 0 spiro atoms. The van der Waals surface area contributed by atoms with Crippen LogP contribution < -0.4 is 5.32 Å². The van der Waals surface area contributed by atoms with Crippen molar-refractivity contribution < 1.29 is 0 Å². The summed E-state index contributed by atoms with van der Waals surface area (Å²) in [6.45, 7) is 5.77. The molecule has 1 aliphatic rings. The van der Waals surface area contributed by atoms with Crippen molar-refractivity contribution in [2.24, 2.45) is 0 Å². The zero-order chi connectivity index (χ0) is 7.40. The van der Waals surface area contributed by atoms with Crippen LogP contribution in [0.2, 0.25) is 0 Å². The zero-order valence-electron chi connectivity index (χ0n) is 6.89. The van der Waals surface area contributed by atoms with Crippen molar-refractivity contribution in [3.05, 3.63) is 0 Å². The first-order valence-corrected chi connectivity index (χ1v) is 5.19. The fraction of sp³-hybridized carbons (Fsp3) is 1.00. The Balaban J connectivity index is 2.01. The van der Waals surface area contributed by atoms with Gasteiger partial charge in [-0.15, -0.1) is 0 Å². The van der Waals surface area contributed by atoms with Gasteiger partial charge < -0.3 is 5.32 Å². The van der Waals surface area contributed by atoms with Crippen molar-refractivity contribution in [1.82, 2.24) is 5.32 Å². The second-order valence-electron chi connectivity index (χ2n) is 3.18. The van der Waals surface area contributed by atoms with Crippen LogP contribution in [-0.2, 0) is 0 Å². The standard InChI is InChI=1S/C8H17NS/c1-7(2)10-6-8-4-3-5-9-8/h7-9H,3-6H2,1-2H3/t8-/m1/s1. The lowest BCUT2D eigenvalue weighted by Crippen LogP contribution is -2.24. The van der Waals surface area contributed by atoms with E-state index in [4.69, 9.17) is 0 Å². The summed E-state index contributed by atoms with van der Waals surface area (Å²) in [5.41, 5.74) is 0. The molecule has 0 aromatic rings. The Morgan fingerprint density at radius 2 is 2.40 bits per heavy atom. The summed E-state index contributed by atoms with van der Waals surface area (Å²) >= 11 is 2.07. The Morgan fingerprint density at radius 3 is 2.90 bits per heavy atom. The minimum atomic E-state index is 0.794. The third kappa shape index (κ3) is 2.93. The normalized spacial score (nSPS) is 26.1. The minimum Gasteiger partial charge on any atom is -0.313 e. The lowest BCUT2D eigenvalue weighted by molar-refractivity contribution is 0.673. The molecule has 1 aliphatic heterocycles. The van der Waals surface area contributed by atoms with E-state index in [0.29, 0.717) is 0 Å². The van der Waals surface area contributed by atoms with Gasteiger partial charge in [-0.2, -0.15) is 11.8 Å². The molecule has 10 heavy (non-hydrogen) atoms. The van der Waals surface area contributed by atoms with Crippen LogP contribution in [0.25, 0.3) is 0 Å². The highest BCUT2D eigenvalue weighted by Gasteiger charge is 2.13. The molecular weight excluding hydrogens is 142 g/mol. The molecule has 2 heteroatoms. The van der Waals surface area contributed by atoms with Crippen molar-refractivity contribution in [1.29, 1.82) is 0 Å². The fourth-order valence-corrected chi connectivity index (χ4v) is 2.11. The number of hydrogen-bond acceptors (Lipinski definition) is 2. The van der Waals surface area contributed by atoms with E-state index < -0.39 is 0 Å². The maximum atomic E-state index is 3.49. The van der Waals surface area contributed by atoms with E-state index in [2.05, 4.69) is 30.9 Å². The van der Waals surface area contributed by atoms with Crippen LogP contribution >= 0.6 is 11.8 Å². The van der Waals surface area contributed by atoms with E-state index in [-0.39, 0.29) is 0 Å². The zero-order valence-corrected chi connectivity index (χ0v) is 7.71. The lowest BCUT2D eigenvalue weighted by atomic mass is 10.3. The van der Waals surface area contributed by atoms with Crippen molar-refractivity contribution >= 4 is 11.8 Å². The molecule has 1 nitrogen and oxygen atoms in total. The SMILES string of the molecule is CC(C)SC[C@H]1CCCN1. The topological polar surface area (TPSA) is 12.0 Å². The van der Waals surface area contributed by atoms with E-state index >= 15 is 0 Å². The third-order valence-electron chi connectivity index (χ3n) is 1.79. The molecule has 0 aromatic heterocycles. The van der Waals surface area contributed by atoms with Gasteiger partial charge in [0.25, 0.3) is 0 Å². The third-order valence-corrected chi connectivity index (χ3v) is 3.05. The first-order chi connectivity index (χ1) is 4.79. The molecule has 60 valence electrons. The Kier molecular flexibility index (Phi) is 3.57. The molecule has 1 heterocycles. The molecule has 0 aromatic carbocycles. The summed E-state index contributed by atoms with van der Waals surface area (Å²) in [5.74, 6) is 1.30. The Labute approximate surface area is 68.0 Å². The number of hydrogen-bond donors (Lipinski definition) is 1. The van der Waals surface area contributed by atoms with Crippen molar-refractivity contribution in [3.63, 3.8) is 0 Å². The van der Waals surface area contributed by atoms with Crippen LogP contribution in [-0.4, -0.2) is 23.6 Å². The summed E-state index contributed by atoms with van der Waals surface area (Å²) in [4.78, 5) is 0. The molecular formula is C8H17NS. The average molecular weight is 159 g/mol. The van der Waals surface area contributed by atoms with Gasteiger partial charge in [-0.25, -0.2) is 0 Å². The molecule has 1 saturated heterocycles. The largest absolute Gasteiger partial charge is 0.313 e. The van der Waals surface area contributed by atoms with Gasteiger partial charge >= 0.3 is 0 Å². The van der Waals surface area contributed by atoms with E-state index in [9.17, 15) is 0 Å². The molecule has 1 fully saturated rings. The van der Waals surface area contributed by atoms with E-state index in [1.54, 1.807) is 0 Å². The van der Waals surface area contributed by atoms with E-state index in [0.717, 1.165) is 11.3 Å². The highest BCUT2D eigenvalue weighted by atomic mass is 32.2. The highest BCUT2D eigenvalue weighted by molar-refractivity contribution is 7.99. The van der Waals surface area contributed by atoms with Crippen LogP contribution in [0.15, 0.2) is 0 Å². The van der Waals surface area contributed by atoms with Gasteiger partial charge in [0.2, 0.25) is 0 Å². The summed E-state index contributed by atoms with van der Waals surface area (Å²) < 4.78 is 0. The van der Waals surface area contributed by atoms with Gasteiger partial charge in [-0.1, -0.05) is 13.8 Å². The molecule has 1 atom stereocenters. The second kappa shape index (κ2) is 4.24. The average Bonchev–Trinajstić information content (AvgIpc) is 2.34. The van der Waals surface area contributed by atoms with E-state index in [1.807, 2.05) is 0 Å². The van der Waals surface area contributed by atoms with Gasteiger partial charge in [-0.05, 0) is 24.6 Å². The summed E-state index contributed by atoms with van der Waals surface area (Å²) in [6.07, 6.45) is 2.77. The Morgan fingerprint density at radius 1 is 1.60 bits per heavy atom. The molecule has 0 bridgehead atoms. The maximum absolute atomic E-state index is 3.49. The lowest BCUT2D eigenvalue weighted by Gasteiger charge is -2.10. The van der Waals surface area contributed by atoms with Gasteiger partial charge in [0.15, 0.2) is 0 Å². The Hall–Kier alpha value is 0.310. The minimum absolute atomic E-state index is 0.794. The van der Waals surface area contributed by atoms with Crippen LogP contribution in [0.1, 0.15) is 26.7 Å². The van der Waals surface area contributed by atoms with E-state index in [1.165, 1.54) is 25.1 Å². The van der Waals surface area contributed by atoms with Gasteiger partial charge in [0.1, 0.15) is 0 Å². The van der Waals surface area contributed by atoms with Crippen LogP contribution in [0.3, 0.4) is 0 Å². The number of nitrogens with one attached hydrogen (secondary N) is 1. The predicted octanol–water partition coefficient (Wildman–Crippen LogP) is 1.88. The van der Waals surface area contributed by atoms with Crippen molar-refractivity contribution in [3.8, 4) is 0 Å². The first kappa shape index (κ1) is 8.41. The second-order valence-corrected chi connectivity index (χ2v) is 4.78. The summed E-state index contributed by atoms with van der Waals surface area (Å²) in [6, 6.07) is 0.812. The van der Waals surface area contributed by atoms with Crippen LogP contribution in [0, 0.1) is 0 Å². The smallest absolute Gasteiger partial charge is 0.0158 e.